The number of nitrogens with one attached hydrogen (secondary N) is 1. The van der Waals surface area contributed by atoms with Crippen molar-refractivity contribution in [3.05, 3.63) is 78.4 Å². The molecule has 1 aliphatic heterocycles. The smallest absolute Gasteiger partial charge is 0.265 e. The summed E-state index contributed by atoms with van der Waals surface area (Å²) in [6, 6.07) is 20.2. The summed E-state index contributed by atoms with van der Waals surface area (Å²) in [6.07, 6.45) is 0. The maximum atomic E-state index is 12.9. The van der Waals surface area contributed by atoms with E-state index in [2.05, 4.69) is 5.32 Å². The molecule has 0 unspecified atom stereocenters. The molecule has 194 valence electrons. The second-order valence-corrected chi connectivity index (χ2v) is 10.2. The number of para-hydroxylation sites is 1. The molecule has 0 spiro atoms. The Hall–Kier alpha value is -3.89. The summed E-state index contributed by atoms with van der Waals surface area (Å²) in [5, 5.41) is 2.81. The van der Waals surface area contributed by atoms with Crippen LogP contribution in [0.4, 0.5) is 11.4 Å². The molecule has 37 heavy (non-hydrogen) atoms. The van der Waals surface area contributed by atoms with Gasteiger partial charge in [0.15, 0.2) is 6.61 Å². The molecular weight excluding hydrogens is 494 g/mol. The average Bonchev–Trinajstić information content (AvgIpc) is 2.91. The molecule has 0 fully saturated rings. The number of rotatable bonds is 10. The topological polar surface area (TPSA) is 105 Å². The standard InChI is InChI=1S/C27H29N3O6S/c1-3-29(4-2)37(33,34)23-13-10-20(11-14-23)27(32)28-21-12-15-25-24(18-21)30(26(31)19-36-25)16-17-35-22-8-6-5-7-9-22/h5-15,18H,3-4,16-17,19H2,1-2H3,(H,28,32). The van der Waals surface area contributed by atoms with Crippen molar-refractivity contribution in [1.82, 2.24) is 4.31 Å². The Kier molecular flexibility index (Phi) is 8.10. The molecule has 0 aromatic heterocycles. The van der Waals surface area contributed by atoms with Crippen molar-refractivity contribution in [2.24, 2.45) is 0 Å². The maximum absolute atomic E-state index is 12.9. The number of benzene rings is 3. The summed E-state index contributed by atoms with van der Waals surface area (Å²) in [5.41, 5.74) is 1.30. The van der Waals surface area contributed by atoms with E-state index in [0.717, 1.165) is 0 Å². The van der Waals surface area contributed by atoms with E-state index in [0.29, 0.717) is 48.1 Å². The van der Waals surface area contributed by atoms with Gasteiger partial charge in [0.05, 0.1) is 17.1 Å². The van der Waals surface area contributed by atoms with Crippen LogP contribution >= 0.6 is 0 Å². The number of sulfonamides is 1. The lowest BCUT2D eigenvalue weighted by atomic mass is 10.1. The predicted molar refractivity (Wildman–Crippen MR) is 141 cm³/mol. The van der Waals surface area contributed by atoms with E-state index in [1.807, 2.05) is 30.3 Å². The lowest BCUT2D eigenvalue weighted by Crippen LogP contribution is -2.41. The molecule has 2 amide bonds. The highest BCUT2D eigenvalue weighted by molar-refractivity contribution is 7.89. The Morgan fingerprint density at radius 1 is 1.03 bits per heavy atom. The Bertz CT molecular complexity index is 1360. The molecule has 0 saturated heterocycles. The fourth-order valence-corrected chi connectivity index (χ4v) is 5.45. The quantitative estimate of drug-likeness (QED) is 0.434. The lowest BCUT2D eigenvalue weighted by Gasteiger charge is -2.29. The number of hydrogen-bond acceptors (Lipinski definition) is 6. The van der Waals surface area contributed by atoms with Gasteiger partial charge in [-0.2, -0.15) is 4.31 Å². The second-order valence-electron chi connectivity index (χ2n) is 8.25. The third-order valence-electron chi connectivity index (χ3n) is 5.95. The van der Waals surface area contributed by atoms with Crippen LogP contribution in [0.25, 0.3) is 0 Å². The SMILES string of the molecule is CCN(CC)S(=O)(=O)c1ccc(C(=O)Nc2ccc3c(c2)N(CCOc2ccccc2)C(=O)CO3)cc1. The number of anilines is 2. The minimum absolute atomic E-state index is 0.0766. The molecule has 1 aliphatic rings. The first-order valence-electron chi connectivity index (χ1n) is 12.0. The molecule has 0 bridgehead atoms. The molecule has 3 aromatic carbocycles. The fourth-order valence-electron chi connectivity index (χ4n) is 3.99. The fraction of sp³-hybridized carbons (Fsp3) is 0.259. The highest BCUT2D eigenvalue weighted by atomic mass is 32.2. The average molecular weight is 524 g/mol. The summed E-state index contributed by atoms with van der Waals surface area (Å²) >= 11 is 0. The molecule has 0 radical (unpaired) electrons. The highest BCUT2D eigenvalue weighted by Crippen LogP contribution is 2.34. The summed E-state index contributed by atoms with van der Waals surface area (Å²) in [4.78, 5) is 27.1. The molecule has 0 aliphatic carbocycles. The van der Waals surface area contributed by atoms with E-state index in [9.17, 15) is 18.0 Å². The van der Waals surface area contributed by atoms with Crippen molar-refractivity contribution in [3.63, 3.8) is 0 Å². The van der Waals surface area contributed by atoms with Gasteiger partial charge in [0, 0.05) is 24.3 Å². The van der Waals surface area contributed by atoms with Gasteiger partial charge in [0.2, 0.25) is 10.0 Å². The van der Waals surface area contributed by atoms with Crippen molar-refractivity contribution in [2.75, 3.05) is 43.1 Å². The molecule has 0 atom stereocenters. The lowest BCUT2D eigenvalue weighted by molar-refractivity contribution is -0.121. The molecular formula is C27H29N3O6S. The van der Waals surface area contributed by atoms with Gasteiger partial charge in [-0.3, -0.25) is 9.59 Å². The van der Waals surface area contributed by atoms with Crippen molar-refractivity contribution in [3.8, 4) is 11.5 Å². The summed E-state index contributed by atoms with van der Waals surface area (Å²) in [5.74, 6) is 0.620. The van der Waals surface area contributed by atoms with Gasteiger partial charge in [-0.15, -0.1) is 0 Å². The molecule has 9 nitrogen and oxygen atoms in total. The summed E-state index contributed by atoms with van der Waals surface area (Å²) in [6.45, 7) is 4.79. The molecule has 3 aromatic rings. The zero-order valence-electron chi connectivity index (χ0n) is 20.7. The number of hydrogen-bond donors (Lipinski definition) is 1. The molecule has 1 heterocycles. The van der Waals surface area contributed by atoms with Crippen LogP contribution in [0.15, 0.2) is 77.7 Å². The van der Waals surface area contributed by atoms with Crippen molar-refractivity contribution in [2.45, 2.75) is 18.7 Å². The predicted octanol–water partition coefficient (Wildman–Crippen LogP) is 3.77. The van der Waals surface area contributed by atoms with E-state index in [1.54, 1.807) is 36.9 Å². The van der Waals surface area contributed by atoms with E-state index >= 15 is 0 Å². The molecule has 4 rings (SSSR count). The van der Waals surface area contributed by atoms with Gasteiger partial charge < -0.3 is 19.7 Å². The Labute approximate surface area is 216 Å². The Morgan fingerprint density at radius 3 is 2.41 bits per heavy atom. The molecule has 0 saturated carbocycles. The van der Waals surface area contributed by atoms with E-state index < -0.39 is 15.9 Å². The minimum Gasteiger partial charge on any atom is -0.492 e. The van der Waals surface area contributed by atoms with E-state index in [-0.39, 0.29) is 24.0 Å². The van der Waals surface area contributed by atoms with Gasteiger partial charge in [0.1, 0.15) is 18.1 Å². The Balaban J connectivity index is 1.46. The maximum Gasteiger partial charge on any atom is 0.265 e. The normalized spacial score (nSPS) is 13.2. The number of fused-ring (bicyclic) bond motifs is 1. The number of ether oxygens (including phenoxy) is 2. The molecule has 10 heteroatoms. The van der Waals surface area contributed by atoms with Crippen LogP contribution in [0, 0.1) is 0 Å². The first-order valence-corrected chi connectivity index (χ1v) is 13.4. The first kappa shape index (κ1) is 26.2. The van der Waals surface area contributed by atoms with Gasteiger partial charge in [-0.05, 0) is 54.6 Å². The van der Waals surface area contributed by atoms with Gasteiger partial charge in [0.25, 0.3) is 11.8 Å². The van der Waals surface area contributed by atoms with Gasteiger partial charge >= 0.3 is 0 Å². The third kappa shape index (κ3) is 5.92. The van der Waals surface area contributed by atoms with Crippen LogP contribution < -0.4 is 19.7 Å². The second kappa shape index (κ2) is 11.4. The Morgan fingerprint density at radius 2 is 1.73 bits per heavy atom. The highest BCUT2D eigenvalue weighted by Gasteiger charge is 2.26. The van der Waals surface area contributed by atoms with Crippen LogP contribution in [0.1, 0.15) is 24.2 Å². The van der Waals surface area contributed by atoms with Crippen LogP contribution in [0.5, 0.6) is 11.5 Å². The summed E-state index contributed by atoms with van der Waals surface area (Å²) in [7, 11) is -3.61. The zero-order valence-corrected chi connectivity index (χ0v) is 21.5. The summed E-state index contributed by atoms with van der Waals surface area (Å²) < 4.78 is 38.0. The number of carbonyl (C=O) groups is 2. The largest absolute Gasteiger partial charge is 0.492 e. The van der Waals surface area contributed by atoms with Crippen LogP contribution in [-0.4, -0.2) is 57.4 Å². The first-order chi connectivity index (χ1) is 17.8. The number of carbonyl (C=O) groups excluding carboxylic acids is 2. The van der Waals surface area contributed by atoms with Crippen molar-refractivity contribution in [1.29, 1.82) is 0 Å². The van der Waals surface area contributed by atoms with E-state index in [4.69, 9.17) is 9.47 Å². The zero-order chi connectivity index (χ0) is 26.4. The van der Waals surface area contributed by atoms with Crippen LogP contribution in [-0.2, 0) is 14.8 Å². The van der Waals surface area contributed by atoms with Gasteiger partial charge in [-0.25, -0.2) is 8.42 Å². The molecule has 1 N–H and O–H groups in total. The monoisotopic (exact) mass is 523 g/mol. The number of nitrogens with zero attached hydrogens (tertiary/aromatic N) is 2. The minimum atomic E-state index is -3.61. The van der Waals surface area contributed by atoms with Crippen LogP contribution in [0.3, 0.4) is 0 Å². The third-order valence-corrected chi connectivity index (χ3v) is 8.01. The van der Waals surface area contributed by atoms with Crippen molar-refractivity contribution < 1.29 is 27.5 Å². The number of amides is 2. The van der Waals surface area contributed by atoms with Gasteiger partial charge in [-0.1, -0.05) is 32.0 Å². The van der Waals surface area contributed by atoms with Crippen LogP contribution in [0.2, 0.25) is 0 Å². The van der Waals surface area contributed by atoms with Crippen molar-refractivity contribution >= 4 is 33.2 Å². The van der Waals surface area contributed by atoms with E-state index in [1.165, 1.54) is 28.6 Å².